The van der Waals surface area contributed by atoms with Gasteiger partial charge in [0.1, 0.15) is 0 Å². The SMILES string of the molecule is c1ccc(CN2CC[C@@H](NCc3noc(C4CCCC4)n3)C2)cc1. The van der Waals surface area contributed by atoms with E-state index in [1.165, 1.54) is 37.7 Å². The third-order valence-electron chi connectivity index (χ3n) is 5.26. The van der Waals surface area contributed by atoms with Crippen molar-refractivity contribution >= 4 is 0 Å². The summed E-state index contributed by atoms with van der Waals surface area (Å²) >= 11 is 0. The second kappa shape index (κ2) is 7.45. The number of hydrogen-bond donors (Lipinski definition) is 1. The highest BCUT2D eigenvalue weighted by atomic mass is 16.5. The number of nitrogens with zero attached hydrogens (tertiary/aromatic N) is 3. The Morgan fingerprint density at radius 1 is 1.12 bits per heavy atom. The van der Waals surface area contributed by atoms with E-state index in [9.17, 15) is 0 Å². The second-order valence-corrected chi connectivity index (χ2v) is 7.12. The van der Waals surface area contributed by atoms with Crippen LogP contribution in [0.5, 0.6) is 0 Å². The van der Waals surface area contributed by atoms with Crippen molar-refractivity contribution in [3.8, 4) is 0 Å². The molecule has 2 heterocycles. The van der Waals surface area contributed by atoms with Crippen molar-refractivity contribution in [2.24, 2.45) is 0 Å². The Labute approximate surface area is 143 Å². The maximum atomic E-state index is 5.45. The third kappa shape index (κ3) is 3.84. The molecule has 1 saturated heterocycles. The van der Waals surface area contributed by atoms with Gasteiger partial charge in [-0.3, -0.25) is 4.90 Å². The molecular weight excluding hydrogens is 300 g/mol. The number of hydrogen-bond acceptors (Lipinski definition) is 5. The van der Waals surface area contributed by atoms with E-state index in [0.717, 1.165) is 31.3 Å². The van der Waals surface area contributed by atoms with E-state index in [2.05, 4.69) is 50.7 Å². The number of likely N-dealkylation sites (tertiary alicyclic amines) is 1. The van der Waals surface area contributed by atoms with Crippen LogP contribution < -0.4 is 5.32 Å². The van der Waals surface area contributed by atoms with Gasteiger partial charge >= 0.3 is 0 Å². The summed E-state index contributed by atoms with van der Waals surface area (Å²) < 4.78 is 5.45. The first-order valence-corrected chi connectivity index (χ1v) is 9.19. The summed E-state index contributed by atoms with van der Waals surface area (Å²) in [7, 11) is 0. The Morgan fingerprint density at radius 2 is 1.96 bits per heavy atom. The molecule has 0 unspecified atom stereocenters. The van der Waals surface area contributed by atoms with Crippen LogP contribution in [0.15, 0.2) is 34.9 Å². The van der Waals surface area contributed by atoms with Crippen molar-refractivity contribution in [3.05, 3.63) is 47.6 Å². The second-order valence-electron chi connectivity index (χ2n) is 7.12. The monoisotopic (exact) mass is 326 g/mol. The summed E-state index contributed by atoms with van der Waals surface area (Å²) in [5.74, 6) is 2.15. The number of aromatic nitrogens is 2. The van der Waals surface area contributed by atoms with Gasteiger partial charge in [-0.1, -0.05) is 48.3 Å². The Hall–Kier alpha value is -1.72. The summed E-state index contributed by atoms with van der Waals surface area (Å²) in [6.45, 7) is 3.97. The van der Waals surface area contributed by atoms with Crippen molar-refractivity contribution in [3.63, 3.8) is 0 Å². The average Bonchev–Trinajstić information content (AvgIpc) is 3.35. The molecule has 0 amide bonds. The molecule has 1 N–H and O–H groups in total. The number of nitrogens with one attached hydrogen (secondary N) is 1. The molecule has 1 saturated carbocycles. The van der Waals surface area contributed by atoms with Gasteiger partial charge in [0, 0.05) is 31.6 Å². The molecule has 5 heteroatoms. The van der Waals surface area contributed by atoms with E-state index in [1.807, 2.05) is 0 Å². The Morgan fingerprint density at radius 3 is 2.79 bits per heavy atom. The third-order valence-corrected chi connectivity index (χ3v) is 5.26. The molecule has 1 aliphatic carbocycles. The maximum Gasteiger partial charge on any atom is 0.229 e. The van der Waals surface area contributed by atoms with Gasteiger partial charge in [-0.25, -0.2) is 0 Å². The molecule has 0 radical (unpaired) electrons. The summed E-state index contributed by atoms with van der Waals surface area (Å²) in [5, 5.41) is 7.74. The van der Waals surface area contributed by atoms with E-state index in [4.69, 9.17) is 4.52 Å². The Balaban J connectivity index is 1.23. The largest absolute Gasteiger partial charge is 0.339 e. The predicted molar refractivity (Wildman–Crippen MR) is 92.5 cm³/mol. The van der Waals surface area contributed by atoms with Crippen LogP contribution in [0.4, 0.5) is 0 Å². The Kier molecular flexibility index (Phi) is 4.90. The zero-order chi connectivity index (χ0) is 16.2. The highest BCUT2D eigenvalue weighted by Crippen LogP contribution is 2.32. The summed E-state index contributed by atoms with van der Waals surface area (Å²) in [6, 6.07) is 11.2. The summed E-state index contributed by atoms with van der Waals surface area (Å²) in [4.78, 5) is 7.09. The lowest BCUT2D eigenvalue weighted by molar-refractivity contribution is 0.318. The molecular formula is C19H26N4O. The summed E-state index contributed by atoms with van der Waals surface area (Å²) in [5.41, 5.74) is 1.39. The molecule has 0 bridgehead atoms. The van der Waals surface area contributed by atoms with Gasteiger partial charge in [0.2, 0.25) is 5.89 Å². The molecule has 1 aromatic carbocycles. The van der Waals surface area contributed by atoms with Crippen LogP contribution in [0.25, 0.3) is 0 Å². The van der Waals surface area contributed by atoms with Crippen molar-refractivity contribution < 1.29 is 4.52 Å². The highest BCUT2D eigenvalue weighted by Gasteiger charge is 2.24. The van der Waals surface area contributed by atoms with Gasteiger partial charge in [0.05, 0.1) is 6.54 Å². The quantitative estimate of drug-likeness (QED) is 0.884. The number of benzene rings is 1. The molecule has 2 fully saturated rings. The smallest absolute Gasteiger partial charge is 0.229 e. The van der Waals surface area contributed by atoms with Crippen molar-refractivity contribution in [2.75, 3.05) is 13.1 Å². The first kappa shape index (κ1) is 15.8. The van der Waals surface area contributed by atoms with Crippen LogP contribution >= 0.6 is 0 Å². The highest BCUT2D eigenvalue weighted by molar-refractivity contribution is 5.14. The zero-order valence-corrected chi connectivity index (χ0v) is 14.2. The predicted octanol–water partition coefficient (Wildman–Crippen LogP) is 3.09. The average molecular weight is 326 g/mol. The molecule has 2 aliphatic rings. The lowest BCUT2D eigenvalue weighted by Gasteiger charge is -2.16. The fraction of sp³-hybridized carbons (Fsp3) is 0.579. The lowest BCUT2D eigenvalue weighted by Crippen LogP contribution is -2.32. The normalized spacial score (nSPS) is 22.4. The molecule has 24 heavy (non-hydrogen) atoms. The standard InChI is InChI=1S/C19H26N4O/c1-2-6-15(7-3-1)13-23-11-10-17(14-23)20-12-18-21-19(24-22-18)16-8-4-5-9-16/h1-3,6-7,16-17,20H,4-5,8-14H2/t17-/m1/s1. The fourth-order valence-electron chi connectivity index (χ4n) is 3.90. The maximum absolute atomic E-state index is 5.45. The molecule has 1 aromatic heterocycles. The molecule has 128 valence electrons. The van der Waals surface area contributed by atoms with E-state index < -0.39 is 0 Å². The molecule has 0 spiro atoms. The van der Waals surface area contributed by atoms with Crippen LogP contribution in [-0.2, 0) is 13.1 Å². The van der Waals surface area contributed by atoms with Crippen LogP contribution in [0, 0.1) is 0 Å². The first-order valence-electron chi connectivity index (χ1n) is 9.19. The van der Waals surface area contributed by atoms with Crippen molar-refractivity contribution in [1.29, 1.82) is 0 Å². The molecule has 1 atom stereocenters. The zero-order valence-electron chi connectivity index (χ0n) is 14.2. The Bertz CT molecular complexity index is 636. The minimum Gasteiger partial charge on any atom is -0.339 e. The van der Waals surface area contributed by atoms with Crippen molar-refractivity contribution in [1.82, 2.24) is 20.4 Å². The molecule has 4 rings (SSSR count). The lowest BCUT2D eigenvalue weighted by atomic mass is 10.1. The van der Waals surface area contributed by atoms with Crippen LogP contribution in [-0.4, -0.2) is 34.2 Å². The fourth-order valence-corrected chi connectivity index (χ4v) is 3.90. The van der Waals surface area contributed by atoms with E-state index in [0.29, 0.717) is 18.5 Å². The van der Waals surface area contributed by atoms with Gasteiger partial charge in [0.25, 0.3) is 0 Å². The van der Waals surface area contributed by atoms with E-state index in [1.54, 1.807) is 0 Å². The van der Waals surface area contributed by atoms with Gasteiger partial charge in [0.15, 0.2) is 5.82 Å². The minimum absolute atomic E-state index is 0.499. The van der Waals surface area contributed by atoms with Gasteiger partial charge in [-0.2, -0.15) is 4.98 Å². The molecule has 2 aromatic rings. The van der Waals surface area contributed by atoms with Gasteiger partial charge < -0.3 is 9.84 Å². The van der Waals surface area contributed by atoms with E-state index >= 15 is 0 Å². The van der Waals surface area contributed by atoms with Crippen LogP contribution in [0.3, 0.4) is 0 Å². The number of rotatable bonds is 6. The van der Waals surface area contributed by atoms with Crippen LogP contribution in [0.2, 0.25) is 0 Å². The van der Waals surface area contributed by atoms with Crippen molar-refractivity contribution in [2.45, 2.75) is 57.2 Å². The summed E-state index contributed by atoms with van der Waals surface area (Å²) in [6.07, 6.45) is 6.17. The minimum atomic E-state index is 0.499. The topological polar surface area (TPSA) is 54.2 Å². The molecule has 5 nitrogen and oxygen atoms in total. The van der Waals surface area contributed by atoms with Gasteiger partial charge in [-0.05, 0) is 24.8 Å². The first-order chi connectivity index (χ1) is 11.9. The van der Waals surface area contributed by atoms with Gasteiger partial charge in [-0.15, -0.1) is 0 Å². The van der Waals surface area contributed by atoms with Crippen LogP contribution in [0.1, 0.15) is 55.3 Å². The molecule has 1 aliphatic heterocycles. The van der Waals surface area contributed by atoms with E-state index in [-0.39, 0.29) is 0 Å².